The van der Waals surface area contributed by atoms with Gasteiger partial charge in [-0.05, 0) is 25.7 Å². The first kappa shape index (κ1) is 11.0. The van der Waals surface area contributed by atoms with E-state index in [4.69, 9.17) is 5.11 Å². The Morgan fingerprint density at radius 2 is 2.25 bits per heavy atom. The van der Waals surface area contributed by atoms with E-state index >= 15 is 0 Å². The van der Waals surface area contributed by atoms with E-state index < -0.39 is 0 Å². The molecule has 2 N–H and O–H groups in total. The van der Waals surface area contributed by atoms with E-state index in [0.717, 1.165) is 18.5 Å². The number of hydrogen-bond donors (Lipinski definition) is 2. The van der Waals surface area contributed by atoms with Crippen LogP contribution in [-0.4, -0.2) is 33.6 Å². The molecule has 0 aromatic carbocycles. The topological polar surface area (TPSA) is 75.1 Å². The number of aryl methyl sites for hydroxylation is 1. The molecule has 1 aromatic rings. The predicted molar refractivity (Wildman–Crippen MR) is 57.8 cm³/mol. The van der Waals surface area contributed by atoms with Crippen molar-refractivity contribution in [2.75, 3.05) is 6.54 Å². The highest BCUT2D eigenvalue weighted by atomic mass is 16.3. The second-order valence-corrected chi connectivity index (χ2v) is 4.24. The van der Waals surface area contributed by atoms with Gasteiger partial charge in [0.05, 0.1) is 18.0 Å². The van der Waals surface area contributed by atoms with Crippen molar-refractivity contribution < 1.29 is 9.90 Å². The quantitative estimate of drug-likeness (QED) is 0.769. The van der Waals surface area contributed by atoms with Gasteiger partial charge in [-0.15, -0.1) is 0 Å². The van der Waals surface area contributed by atoms with Crippen molar-refractivity contribution in [1.29, 1.82) is 0 Å². The van der Waals surface area contributed by atoms with Gasteiger partial charge in [0, 0.05) is 12.7 Å². The summed E-state index contributed by atoms with van der Waals surface area (Å²) >= 11 is 0. The van der Waals surface area contributed by atoms with Gasteiger partial charge >= 0.3 is 0 Å². The molecule has 0 bridgehead atoms. The lowest BCUT2D eigenvalue weighted by Gasteiger charge is -2.31. The number of nitrogens with zero attached hydrogens (tertiary/aromatic N) is 2. The molecular formula is C11H15N3O2. The largest absolute Gasteiger partial charge is 0.393 e. The number of carbonyl (C=O) groups is 1. The maximum absolute atomic E-state index is 11.6. The van der Waals surface area contributed by atoms with E-state index in [0.29, 0.717) is 18.2 Å². The molecule has 1 heterocycles. The van der Waals surface area contributed by atoms with Crippen molar-refractivity contribution in [2.45, 2.75) is 25.9 Å². The first-order valence-corrected chi connectivity index (χ1v) is 5.40. The Balaban J connectivity index is 1.81. The predicted octanol–water partition coefficient (Wildman–Crippen LogP) is 0.286. The zero-order valence-electron chi connectivity index (χ0n) is 9.18. The number of amides is 1. The Morgan fingerprint density at radius 1 is 1.50 bits per heavy atom. The fourth-order valence-corrected chi connectivity index (χ4v) is 1.70. The summed E-state index contributed by atoms with van der Waals surface area (Å²) in [6, 6.07) is 0. The molecule has 1 aliphatic carbocycles. The minimum Gasteiger partial charge on any atom is -0.393 e. The first-order chi connectivity index (χ1) is 7.65. The molecule has 0 radical (unpaired) electrons. The highest BCUT2D eigenvalue weighted by Crippen LogP contribution is 2.26. The first-order valence-electron chi connectivity index (χ1n) is 5.40. The summed E-state index contributed by atoms with van der Waals surface area (Å²) < 4.78 is 0. The van der Waals surface area contributed by atoms with Crippen LogP contribution in [-0.2, 0) is 0 Å². The van der Waals surface area contributed by atoms with Crippen molar-refractivity contribution in [3.8, 4) is 0 Å². The molecular weight excluding hydrogens is 206 g/mol. The van der Waals surface area contributed by atoms with Crippen LogP contribution in [0.3, 0.4) is 0 Å². The molecule has 1 amide bonds. The van der Waals surface area contributed by atoms with E-state index in [9.17, 15) is 4.79 Å². The third kappa shape index (κ3) is 2.55. The minimum atomic E-state index is -0.200. The average Bonchev–Trinajstić information content (AvgIpc) is 2.23. The highest BCUT2D eigenvalue weighted by molar-refractivity contribution is 5.91. The smallest absolute Gasteiger partial charge is 0.271 e. The van der Waals surface area contributed by atoms with Gasteiger partial charge in [-0.3, -0.25) is 9.78 Å². The Morgan fingerprint density at radius 3 is 2.81 bits per heavy atom. The molecule has 1 saturated carbocycles. The van der Waals surface area contributed by atoms with Gasteiger partial charge in [-0.2, -0.15) is 0 Å². The highest BCUT2D eigenvalue weighted by Gasteiger charge is 2.27. The SMILES string of the molecule is Cc1cnc(C(=O)NCC2CC(O)C2)cn1. The van der Waals surface area contributed by atoms with Crippen LogP contribution in [0.1, 0.15) is 29.0 Å². The summed E-state index contributed by atoms with van der Waals surface area (Å²) in [5.41, 5.74) is 1.13. The zero-order valence-corrected chi connectivity index (χ0v) is 9.18. The van der Waals surface area contributed by atoms with Gasteiger partial charge in [0.2, 0.25) is 0 Å². The van der Waals surface area contributed by atoms with Gasteiger partial charge < -0.3 is 10.4 Å². The van der Waals surface area contributed by atoms with Crippen LogP contribution in [0.5, 0.6) is 0 Å². The fourth-order valence-electron chi connectivity index (χ4n) is 1.70. The third-order valence-electron chi connectivity index (χ3n) is 2.78. The maximum Gasteiger partial charge on any atom is 0.271 e. The Hall–Kier alpha value is -1.49. The molecule has 1 fully saturated rings. The molecule has 0 saturated heterocycles. The van der Waals surface area contributed by atoms with Crippen LogP contribution in [0.4, 0.5) is 0 Å². The van der Waals surface area contributed by atoms with Crippen LogP contribution in [0.15, 0.2) is 12.4 Å². The molecule has 0 unspecified atom stereocenters. The number of nitrogens with one attached hydrogen (secondary N) is 1. The molecule has 16 heavy (non-hydrogen) atoms. The normalized spacial score (nSPS) is 23.6. The van der Waals surface area contributed by atoms with Crippen LogP contribution in [0.25, 0.3) is 0 Å². The van der Waals surface area contributed by atoms with Crippen molar-refractivity contribution in [2.24, 2.45) is 5.92 Å². The maximum atomic E-state index is 11.6. The Labute approximate surface area is 93.9 Å². The molecule has 0 atom stereocenters. The second-order valence-electron chi connectivity index (χ2n) is 4.24. The van der Waals surface area contributed by atoms with Gasteiger partial charge in [0.25, 0.3) is 5.91 Å². The molecule has 1 aliphatic rings. The molecule has 0 aliphatic heterocycles. The lowest BCUT2D eigenvalue weighted by Crippen LogP contribution is -2.38. The summed E-state index contributed by atoms with van der Waals surface area (Å²) in [5.74, 6) is 0.200. The summed E-state index contributed by atoms with van der Waals surface area (Å²) in [5, 5.41) is 11.9. The van der Waals surface area contributed by atoms with Crippen molar-refractivity contribution >= 4 is 5.91 Å². The zero-order chi connectivity index (χ0) is 11.5. The van der Waals surface area contributed by atoms with E-state index in [1.165, 1.54) is 6.20 Å². The van der Waals surface area contributed by atoms with Crippen LogP contribution < -0.4 is 5.32 Å². The van der Waals surface area contributed by atoms with Crippen LogP contribution in [0, 0.1) is 12.8 Å². The Bertz CT molecular complexity index is 371. The number of aliphatic hydroxyl groups excluding tert-OH is 1. The summed E-state index contributed by atoms with van der Waals surface area (Å²) in [4.78, 5) is 19.6. The lowest BCUT2D eigenvalue weighted by molar-refractivity contribution is 0.0419. The number of aromatic nitrogens is 2. The lowest BCUT2D eigenvalue weighted by atomic mass is 9.82. The van der Waals surface area contributed by atoms with Gasteiger partial charge in [-0.25, -0.2) is 4.98 Å². The second kappa shape index (κ2) is 4.57. The van der Waals surface area contributed by atoms with Crippen molar-refractivity contribution in [1.82, 2.24) is 15.3 Å². The van der Waals surface area contributed by atoms with Crippen LogP contribution >= 0.6 is 0 Å². The van der Waals surface area contributed by atoms with Crippen LogP contribution in [0.2, 0.25) is 0 Å². The fraction of sp³-hybridized carbons (Fsp3) is 0.545. The van der Waals surface area contributed by atoms with Gasteiger partial charge in [0.15, 0.2) is 0 Å². The van der Waals surface area contributed by atoms with Gasteiger partial charge in [0.1, 0.15) is 5.69 Å². The molecule has 5 nitrogen and oxygen atoms in total. The van der Waals surface area contributed by atoms with E-state index in [1.54, 1.807) is 6.20 Å². The standard InChI is InChI=1S/C11H15N3O2/c1-7-4-13-10(6-12-7)11(16)14-5-8-2-9(15)3-8/h4,6,8-9,15H,2-3,5H2,1H3,(H,14,16). The molecule has 1 aromatic heterocycles. The summed E-state index contributed by atoms with van der Waals surface area (Å²) in [6.07, 6.45) is 4.42. The average molecular weight is 221 g/mol. The monoisotopic (exact) mass is 221 g/mol. The Kier molecular flexibility index (Phi) is 3.14. The number of carbonyl (C=O) groups excluding carboxylic acids is 1. The van der Waals surface area contributed by atoms with Crippen molar-refractivity contribution in [3.05, 3.63) is 23.8 Å². The third-order valence-corrected chi connectivity index (χ3v) is 2.78. The summed E-state index contributed by atoms with van der Waals surface area (Å²) in [6.45, 7) is 2.43. The van der Waals surface area contributed by atoms with Crippen molar-refractivity contribution in [3.63, 3.8) is 0 Å². The van der Waals surface area contributed by atoms with E-state index in [-0.39, 0.29) is 12.0 Å². The molecule has 0 spiro atoms. The molecule has 5 heteroatoms. The molecule has 2 rings (SSSR count). The van der Waals surface area contributed by atoms with E-state index in [1.807, 2.05) is 6.92 Å². The molecule has 86 valence electrons. The minimum absolute atomic E-state index is 0.180. The van der Waals surface area contributed by atoms with Gasteiger partial charge in [-0.1, -0.05) is 0 Å². The number of aliphatic hydroxyl groups is 1. The number of rotatable bonds is 3. The number of hydrogen-bond acceptors (Lipinski definition) is 4. The summed E-state index contributed by atoms with van der Waals surface area (Å²) in [7, 11) is 0. The van der Waals surface area contributed by atoms with E-state index in [2.05, 4.69) is 15.3 Å².